The smallest absolute Gasteiger partial charge is 0.0316 e. The molecule has 3 aliphatic rings. The number of hydrogen-bond donors (Lipinski definition) is 0. The van der Waals surface area contributed by atoms with E-state index >= 15 is 0 Å². The molecule has 1 heteroatoms. The summed E-state index contributed by atoms with van der Waals surface area (Å²) in [6, 6.07) is 11.3. The van der Waals surface area contributed by atoms with Crippen LogP contribution in [0, 0.1) is 5.92 Å². The highest BCUT2D eigenvalue weighted by Crippen LogP contribution is 2.69. The van der Waals surface area contributed by atoms with Crippen molar-refractivity contribution in [1.29, 1.82) is 0 Å². The maximum absolute atomic E-state index is 2.84. The van der Waals surface area contributed by atoms with Crippen molar-refractivity contribution in [2.45, 2.75) is 43.6 Å². The first-order valence-corrected chi connectivity index (χ1v) is 7.23. The van der Waals surface area contributed by atoms with Gasteiger partial charge in [-0.05, 0) is 50.3 Å². The van der Waals surface area contributed by atoms with Gasteiger partial charge in [0.1, 0.15) is 0 Å². The van der Waals surface area contributed by atoms with Gasteiger partial charge in [-0.25, -0.2) is 0 Å². The number of hydrogen-bond acceptors (Lipinski definition) is 1. The van der Waals surface area contributed by atoms with Crippen LogP contribution in [0.15, 0.2) is 30.3 Å². The van der Waals surface area contributed by atoms with Gasteiger partial charge in [0.05, 0.1) is 0 Å². The molecule has 0 spiro atoms. The Balaban J connectivity index is 1.66. The molecular weight excluding hydrogens is 206 g/mol. The van der Waals surface area contributed by atoms with Gasteiger partial charge in [-0.15, -0.1) is 0 Å². The van der Waals surface area contributed by atoms with Gasteiger partial charge in [0.2, 0.25) is 0 Å². The normalized spacial score (nSPS) is 40.5. The summed E-state index contributed by atoms with van der Waals surface area (Å²) < 4.78 is 0. The van der Waals surface area contributed by atoms with Crippen molar-refractivity contribution < 1.29 is 0 Å². The highest BCUT2D eigenvalue weighted by atomic mass is 15.3. The fraction of sp³-hybridized carbons (Fsp3) is 0.625. The molecule has 1 aromatic carbocycles. The summed E-state index contributed by atoms with van der Waals surface area (Å²) >= 11 is 0. The second kappa shape index (κ2) is 3.58. The number of fused-ring (bicyclic) bond motifs is 1. The topological polar surface area (TPSA) is 3.24 Å². The van der Waals surface area contributed by atoms with Crippen LogP contribution >= 0.6 is 0 Å². The van der Waals surface area contributed by atoms with E-state index in [4.69, 9.17) is 0 Å². The van der Waals surface area contributed by atoms with Crippen molar-refractivity contribution in [3.8, 4) is 0 Å². The van der Waals surface area contributed by atoms with Crippen LogP contribution < -0.4 is 0 Å². The van der Waals surface area contributed by atoms with Crippen LogP contribution in [0.1, 0.15) is 43.6 Å². The quantitative estimate of drug-likeness (QED) is 0.748. The first kappa shape index (κ1) is 10.1. The molecule has 0 aromatic heterocycles. The molecule has 17 heavy (non-hydrogen) atoms. The van der Waals surface area contributed by atoms with E-state index < -0.39 is 0 Å². The Hall–Kier alpha value is -0.820. The van der Waals surface area contributed by atoms with Gasteiger partial charge in [0.25, 0.3) is 0 Å². The molecule has 0 radical (unpaired) electrons. The average Bonchev–Trinajstić information content (AvgIpc) is 2.85. The van der Waals surface area contributed by atoms with Gasteiger partial charge in [0.15, 0.2) is 0 Å². The molecule has 2 aliphatic carbocycles. The zero-order chi connectivity index (χ0) is 11.3. The third kappa shape index (κ3) is 1.29. The maximum atomic E-state index is 2.84. The predicted octanol–water partition coefficient (Wildman–Crippen LogP) is 3.42. The first-order chi connectivity index (χ1) is 8.43. The second-order valence-electron chi connectivity index (χ2n) is 6.07. The standard InChI is InChI=1S/C16H21N/c1-2-7-13(8-3-1)15-14-9-6-10-16(14,15)17-11-4-5-12-17/h1-3,7-8,14-15H,4-6,9-12H2/t14-,15+,16+/m0/s1. The largest absolute Gasteiger partial charge is 0.297 e. The van der Waals surface area contributed by atoms with Gasteiger partial charge in [-0.3, -0.25) is 4.90 Å². The highest BCUT2D eigenvalue weighted by Gasteiger charge is 2.69. The lowest BCUT2D eigenvalue weighted by molar-refractivity contribution is 0.206. The number of nitrogens with zero attached hydrogens (tertiary/aromatic N) is 1. The van der Waals surface area contributed by atoms with Crippen molar-refractivity contribution in [3.63, 3.8) is 0 Å². The second-order valence-corrected chi connectivity index (χ2v) is 6.07. The van der Waals surface area contributed by atoms with Gasteiger partial charge in [0, 0.05) is 11.5 Å². The summed E-state index contributed by atoms with van der Waals surface area (Å²) in [6.07, 6.45) is 7.24. The Kier molecular flexibility index (Phi) is 2.14. The number of rotatable bonds is 2. The summed E-state index contributed by atoms with van der Waals surface area (Å²) in [4.78, 5) is 2.84. The molecule has 3 atom stereocenters. The molecule has 0 N–H and O–H groups in total. The van der Waals surface area contributed by atoms with Gasteiger partial charge in [-0.1, -0.05) is 36.8 Å². The van der Waals surface area contributed by atoms with E-state index in [1.165, 1.54) is 45.2 Å². The van der Waals surface area contributed by atoms with Crippen LogP contribution in [0.4, 0.5) is 0 Å². The van der Waals surface area contributed by atoms with Gasteiger partial charge < -0.3 is 0 Å². The Labute approximate surface area is 104 Å². The van der Waals surface area contributed by atoms with Crippen molar-refractivity contribution in [1.82, 2.24) is 4.90 Å². The molecule has 1 heterocycles. The Morgan fingerprint density at radius 1 is 1.00 bits per heavy atom. The third-order valence-electron chi connectivity index (χ3n) is 5.42. The summed E-state index contributed by atoms with van der Waals surface area (Å²) in [7, 11) is 0. The van der Waals surface area contributed by atoms with E-state index in [0.29, 0.717) is 5.54 Å². The fourth-order valence-electron chi connectivity index (χ4n) is 4.77. The van der Waals surface area contributed by atoms with Crippen molar-refractivity contribution >= 4 is 0 Å². The third-order valence-corrected chi connectivity index (χ3v) is 5.42. The van der Waals surface area contributed by atoms with Crippen LogP contribution in [-0.4, -0.2) is 23.5 Å². The lowest BCUT2D eigenvalue weighted by Gasteiger charge is -2.27. The number of benzene rings is 1. The molecule has 1 saturated heterocycles. The molecule has 0 unspecified atom stereocenters. The van der Waals surface area contributed by atoms with Gasteiger partial charge >= 0.3 is 0 Å². The van der Waals surface area contributed by atoms with Gasteiger partial charge in [-0.2, -0.15) is 0 Å². The van der Waals surface area contributed by atoms with E-state index in [1.54, 1.807) is 5.56 Å². The summed E-state index contributed by atoms with van der Waals surface area (Å²) in [5, 5.41) is 0. The van der Waals surface area contributed by atoms with Crippen LogP contribution in [0.2, 0.25) is 0 Å². The Morgan fingerprint density at radius 3 is 2.53 bits per heavy atom. The van der Waals surface area contributed by atoms with Crippen LogP contribution in [0.3, 0.4) is 0 Å². The zero-order valence-electron chi connectivity index (χ0n) is 10.4. The molecule has 1 aromatic rings. The van der Waals surface area contributed by atoms with Crippen molar-refractivity contribution in [2.75, 3.05) is 13.1 Å². The van der Waals surface area contributed by atoms with E-state index in [0.717, 1.165) is 11.8 Å². The van der Waals surface area contributed by atoms with E-state index in [-0.39, 0.29) is 0 Å². The molecule has 0 bridgehead atoms. The minimum absolute atomic E-state index is 0.595. The van der Waals surface area contributed by atoms with E-state index in [9.17, 15) is 0 Å². The van der Waals surface area contributed by atoms with Crippen LogP contribution in [-0.2, 0) is 0 Å². The highest BCUT2D eigenvalue weighted by molar-refractivity contribution is 5.39. The lowest BCUT2D eigenvalue weighted by Crippen LogP contribution is -2.36. The Morgan fingerprint density at radius 2 is 1.76 bits per heavy atom. The summed E-state index contributed by atoms with van der Waals surface area (Å²) in [5.41, 5.74) is 2.20. The summed E-state index contributed by atoms with van der Waals surface area (Å²) in [5.74, 6) is 1.83. The molecule has 1 aliphatic heterocycles. The molecule has 2 saturated carbocycles. The monoisotopic (exact) mass is 227 g/mol. The minimum atomic E-state index is 0.595. The predicted molar refractivity (Wildman–Crippen MR) is 70.1 cm³/mol. The molecule has 4 rings (SSSR count). The van der Waals surface area contributed by atoms with E-state index in [2.05, 4.69) is 35.2 Å². The van der Waals surface area contributed by atoms with Crippen molar-refractivity contribution in [2.24, 2.45) is 5.92 Å². The first-order valence-electron chi connectivity index (χ1n) is 7.23. The molecular formula is C16H21N. The minimum Gasteiger partial charge on any atom is -0.297 e. The Bertz CT molecular complexity index is 407. The molecule has 0 amide bonds. The zero-order valence-corrected chi connectivity index (χ0v) is 10.4. The van der Waals surface area contributed by atoms with Crippen LogP contribution in [0.5, 0.6) is 0 Å². The van der Waals surface area contributed by atoms with Crippen molar-refractivity contribution in [3.05, 3.63) is 35.9 Å². The average molecular weight is 227 g/mol. The fourth-order valence-corrected chi connectivity index (χ4v) is 4.77. The number of likely N-dealkylation sites (tertiary alicyclic amines) is 1. The molecule has 1 nitrogen and oxygen atoms in total. The van der Waals surface area contributed by atoms with E-state index in [1.807, 2.05) is 0 Å². The lowest BCUT2D eigenvalue weighted by atomic mass is 10.00. The summed E-state index contributed by atoms with van der Waals surface area (Å²) in [6.45, 7) is 2.72. The maximum Gasteiger partial charge on any atom is 0.0316 e. The molecule has 90 valence electrons. The SMILES string of the molecule is c1ccc([C@@H]2[C@@H]3CCC[C@]23N2CCCC2)cc1. The molecule has 3 fully saturated rings. The van der Waals surface area contributed by atoms with Crippen LogP contribution in [0.25, 0.3) is 0 Å².